The zero-order valence-corrected chi connectivity index (χ0v) is 33.0. The van der Waals surface area contributed by atoms with Crippen molar-refractivity contribution in [1.29, 1.82) is 0 Å². The molecular formula is C58H40N2. The van der Waals surface area contributed by atoms with Crippen LogP contribution < -0.4 is 4.90 Å². The van der Waals surface area contributed by atoms with E-state index in [-0.39, 0.29) is 0 Å². The van der Waals surface area contributed by atoms with Gasteiger partial charge in [-0.1, -0.05) is 176 Å². The highest BCUT2D eigenvalue weighted by atomic mass is 15.1. The van der Waals surface area contributed by atoms with Crippen LogP contribution in [0, 0.1) is 0 Å². The quantitative estimate of drug-likeness (QED) is 0.150. The molecule has 282 valence electrons. The van der Waals surface area contributed by atoms with Gasteiger partial charge in [-0.25, -0.2) is 0 Å². The maximum absolute atomic E-state index is 2.42. The monoisotopic (exact) mass is 764 g/mol. The number of benzene rings is 10. The Morgan fingerprint density at radius 1 is 0.283 bits per heavy atom. The van der Waals surface area contributed by atoms with Crippen LogP contribution in [0.3, 0.4) is 0 Å². The minimum atomic E-state index is 1.08. The molecule has 0 unspecified atom stereocenters. The smallest absolute Gasteiger partial charge is 0.0547 e. The third-order valence-corrected chi connectivity index (χ3v) is 11.7. The van der Waals surface area contributed by atoms with Crippen molar-refractivity contribution in [2.75, 3.05) is 4.90 Å². The van der Waals surface area contributed by atoms with Crippen LogP contribution in [0.1, 0.15) is 0 Å². The summed E-state index contributed by atoms with van der Waals surface area (Å²) in [5.74, 6) is 0. The SMILES string of the molecule is c1ccc(-c2ccc(N(c3cc(-c4ccccc4)cc(-c4ccccc4)c3)c3cccc(-c4cccc5c4c4c6ccccc6ccc4n5-c4ccccc4)c3)cc2)cc1. The van der Waals surface area contributed by atoms with E-state index >= 15 is 0 Å². The molecule has 11 aromatic rings. The van der Waals surface area contributed by atoms with Crippen molar-refractivity contribution in [3.05, 3.63) is 243 Å². The first-order chi connectivity index (χ1) is 29.8. The van der Waals surface area contributed by atoms with Gasteiger partial charge >= 0.3 is 0 Å². The van der Waals surface area contributed by atoms with Gasteiger partial charge in [-0.15, -0.1) is 0 Å². The molecule has 0 atom stereocenters. The topological polar surface area (TPSA) is 8.17 Å². The Balaban J connectivity index is 1.15. The van der Waals surface area contributed by atoms with Crippen LogP contribution >= 0.6 is 0 Å². The molecule has 11 rings (SSSR count). The highest BCUT2D eigenvalue weighted by molar-refractivity contribution is 6.25. The van der Waals surface area contributed by atoms with E-state index in [2.05, 4.69) is 252 Å². The van der Waals surface area contributed by atoms with Gasteiger partial charge in [-0.2, -0.15) is 0 Å². The van der Waals surface area contributed by atoms with Gasteiger partial charge in [0.05, 0.1) is 11.0 Å². The molecule has 10 aromatic carbocycles. The summed E-state index contributed by atoms with van der Waals surface area (Å²) >= 11 is 0. The second-order valence-corrected chi connectivity index (χ2v) is 15.4. The Labute approximate surface area is 350 Å². The lowest BCUT2D eigenvalue weighted by Crippen LogP contribution is -2.10. The van der Waals surface area contributed by atoms with Gasteiger partial charge in [0.2, 0.25) is 0 Å². The molecule has 0 N–H and O–H groups in total. The van der Waals surface area contributed by atoms with E-state index in [0.29, 0.717) is 0 Å². The number of hydrogen-bond donors (Lipinski definition) is 0. The van der Waals surface area contributed by atoms with Crippen LogP contribution in [0.2, 0.25) is 0 Å². The molecule has 0 aliphatic rings. The highest BCUT2D eigenvalue weighted by Gasteiger charge is 2.21. The van der Waals surface area contributed by atoms with Crippen molar-refractivity contribution in [1.82, 2.24) is 4.57 Å². The fourth-order valence-electron chi connectivity index (χ4n) is 8.95. The standard InChI is InChI=1S/C58H40N2/c1-5-17-41(18-6-1)44-31-34-50(35-32-44)59(52-39-47(42-19-7-2-8-20-42)37-48(40-52)43-21-9-3-10-22-43)51-27-15-24-46(38-51)54-29-16-30-55-58(54)57-53-28-14-13-23-45(53)33-36-56(57)60(55)49-25-11-4-12-26-49/h1-40H. The van der Waals surface area contributed by atoms with E-state index < -0.39 is 0 Å². The predicted octanol–water partition coefficient (Wildman–Crippen LogP) is 16.1. The second-order valence-electron chi connectivity index (χ2n) is 15.4. The molecule has 2 heteroatoms. The van der Waals surface area contributed by atoms with E-state index in [1.807, 2.05) is 0 Å². The average Bonchev–Trinajstić information content (AvgIpc) is 3.68. The number of aromatic nitrogens is 1. The summed E-state index contributed by atoms with van der Waals surface area (Å²) in [4.78, 5) is 2.42. The van der Waals surface area contributed by atoms with Crippen LogP contribution in [-0.2, 0) is 0 Å². The lowest BCUT2D eigenvalue weighted by molar-refractivity contribution is 1.18. The third-order valence-electron chi connectivity index (χ3n) is 11.7. The summed E-state index contributed by atoms with van der Waals surface area (Å²) in [6.07, 6.45) is 0. The molecule has 0 amide bonds. The van der Waals surface area contributed by atoms with Gasteiger partial charge in [-0.05, 0) is 122 Å². The first-order valence-corrected chi connectivity index (χ1v) is 20.6. The molecule has 2 nitrogen and oxygen atoms in total. The van der Waals surface area contributed by atoms with Crippen LogP contribution in [0.5, 0.6) is 0 Å². The maximum atomic E-state index is 2.42. The van der Waals surface area contributed by atoms with Crippen LogP contribution in [-0.4, -0.2) is 4.57 Å². The molecular weight excluding hydrogens is 725 g/mol. The van der Waals surface area contributed by atoms with Crippen molar-refractivity contribution >= 4 is 49.6 Å². The van der Waals surface area contributed by atoms with E-state index in [0.717, 1.165) is 28.3 Å². The first-order valence-electron chi connectivity index (χ1n) is 20.6. The largest absolute Gasteiger partial charge is 0.310 e. The molecule has 1 aromatic heterocycles. The summed E-state index contributed by atoms with van der Waals surface area (Å²) in [7, 11) is 0. The molecule has 1 heterocycles. The minimum Gasteiger partial charge on any atom is -0.310 e. The summed E-state index contributed by atoms with van der Waals surface area (Å²) in [5, 5.41) is 5.01. The Kier molecular flexibility index (Phi) is 8.87. The van der Waals surface area contributed by atoms with Crippen LogP contribution in [0.4, 0.5) is 17.1 Å². The Hall–Kier alpha value is -7.94. The zero-order chi connectivity index (χ0) is 39.8. The Morgan fingerprint density at radius 3 is 1.47 bits per heavy atom. The van der Waals surface area contributed by atoms with E-state index in [4.69, 9.17) is 0 Å². The lowest BCUT2D eigenvalue weighted by Gasteiger charge is -2.27. The average molecular weight is 765 g/mol. The summed E-state index contributed by atoms with van der Waals surface area (Å²) in [5.41, 5.74) is 16.2. The van der Waals surface area contributed by atoms with Crippen molar-refractivity contribution in [2.24, 2.45) is 0 Å². The van der Waals surface area contributed by atoms with Crippen molar-refractivity contribution in [3.8, 4) is 50.2 Å². The number of hydrogen-bond acceptors (Lipinski definition) is 1. The fraction of sp³-hybridized carbons (Fsp3) is 0. The number of rotatable bonds is 8. The molecule has 0 aliphatic heterocycles. The molecule has 0 radical (unpaired) electrons. The predicted molar refractivity (Wildman–Crippen MR) is 255 cm³/mol. The molecule has 0 fully saturated rings. The van der Waals surface area contributed by atoms with E-state index in [9.17, 15) is 0 Å². The van der Waals surface area contributed by atoms with Gasteiger partial charge in [0.1, 0.15) is 0 Å². The lowest BCUT2D eigenvalue weighted by atomic mass is 9.95. The van der Waals surface area contributed by atoms with Gasteiger partial charge in [0, 0.05) is 33.5 Å². The number of para-hydroxylation sites is 1. The summed E-state index contributed by atoms with van der Waals surface area (Å²) in [6.45, 7) is 0. The van der Waals surface area contributed by atoms with Gasteiger partial charge in [0.15, 0.2) is 0 Å². The maximum Gasteiger partial charge on any atom is 0.0547 e. The summed E-state index contributed by atoms with van der Waals surface area (Å²) < 4.78 is 2.42. The van der Waals surface area contributed by atoms with Crippen molar-refractivity contribution in [3.63, 3.8) is 0 Å². The number of nitrogens with zero attached hydrogens (tertiary/aromatic N) is 2. The van der Waals surface area contributed by atoms with Gasteiger partial charge in [0.25, 0.3) is 0 Å². The molecule has 0 aliphatic carbocycles. The molecule has 0 spiro atoms. The summed E-state index contributed by atoms with van der Waals surface area (Å²) in [6, 6.07) is 87.9. The molecule has 0 saturated heterocycles. The van der Waals surface area contributed by atoms with Gasteiger partial charge in [-0.3, -0.25) is 0 Å². The van der Waals surface area contributed by atoms with Crippen LogP contribution in [0.15, 0.2) is 243 Å². The van der Waals surface area contributed by atoms with Gasteiger partial charge < -0.3 is 9.47 Å². The molecule has 0 bridgehead atoms. The molecule has 0 saturated carbocycles. The third kappa shape index (κ3) is 6.32. The normalized spacial score (nSPS) is 11.3. The second kappa shape index (κ2) is 15.1. The van der Waals surface area contributed by atoms with Crippen LogP contribution in [0.25, 0.3) is 82.8 Å². The highest BCUT2D eigenvalue weighted by Crippen LogP contribution is 2.45. The molecule has 60 heavy (non-hydrogen) atoms. The van der Waals surface area contributed by atoms with Crippen molar-refractivity contribution in [2.45, 2.75) is 0 Å². The van der Waals surface area contributed by atoms with E-state index in [1.54, 1.807) is 0 Å². The fourth-order valence-corrected chi connectivity index (χ4v) is 8.95. The Bertz CT molecular complexity index is 3220. The zero-order valence-electron chi connectivity index (χ0n) is 33.0. The number of fused-ring (bicyclic) bond motifs is 5. The minimum absolute atomic E-state index is 1.08. The Morgan fingerprint density at radius 2 is 0.800 bits per heavy atom. The van der Waals surface area contributed by atoms with Crippen molar-refractivity contribution < 1.29 is 0 Å². The number of anilines is 3. The first kappa shape index (κ1) is 35.2. The van der Waals surface area contributed by atoms with E-state index in [1.165, 1.54) is 71.5 Å².